The fraction of sp³-hybridized carbons (Fsp3) is 0.261. The molecule has 5 nitrogen and oxygen atoms in total. The lowest BCUT2D eigenvalue weighted by atomic mass is 10.1. The third kappa shape index (κ3) is 5.10. The van der Waals surface area contributed by atoms with E-state index in [0.29, 0.717) is 11.6 Å². The molecule has 2 aromatic heterocycles. The Morgan fingerprint density at radius 3 is 2.80 bits per heavy atom. The zero-order valence-corrected chi connectivity index (χ0v) is 18.2. The second kappa shape index (κ2) is 9.92. The normalized spacial score (nSPS) is 12.1. The molecular weight excluding hydrogens is 421 g/mol. The van der Waals surface area contributed by atoms with Crippen LogP contribution in [0.15, 0.2) is 48.7 Å². The zero-order valence-electron chi connectivity index (χ0n) is 16.7. The number of rotatable bonds is 6. The highest BCUT2D eigenvalue weighted by Gasteiger charge is 2.19. The van der Waals surface area contributed by atoms with Gasteiger partial charge in [0.2, 0.25) is 0 Å². The van der Waals surface area contributed by atoms with E-state index in [-0.39, 0.29) is 24.8 Å². The van der Waals surface area contributed by atoms with Gasteiger partial charge in [-0.25, -0.2) is 4.98 Å². The quantitative estimate of drug-likeness (QED) is 0.505. The van der Waals surface area contributed by atoms with Crippen LogP contribution in [0.1, 0.15) is 30.2 Å². The number of carbonyl (C=O) groups excluding carboxylic acids is 1. The summed E-state index contributed by atoms with van der Waals surface area (Å²) in [7, 11) is 0. The van der Waals surface area contributed by atoms with Gasteiger partial charge in [-0.1, -0.05) is 29.8 Å². The fourth-order valence-corrected chi connectivity index (χ4v) is 3.76. The Balaban J connectivity index is 0.00000256. The largest absolute Gasteiger partial charge is 0.466 e. The van der Waals surface area contributed by atoms with Crippen LogP contribution < -0.4 is 5.32 Å². The van der Waals surface area contributed by atoms with Gasteiger partial charge in [0, 0.05) is 28.2 Å². The lowest BCUT2D eigenvalue weighted by Crippen LogP contribution is -2.08. The molecule has 0 saturated heterocycles. The first-order valence-corrected chi connectivity index (χ1v) is 10.2. The molecule has 0 atom stereocenters. The number of hydrogen-bond acceptors (Lipinski definition) is 5. The summed E-state index contributed by atoms with van der Waals surface area (Å²) < 4.78 is 4.99. The molecule has 2 heterocycles. The number of ether oxygens (including phenoxy) is 1. The predicted molar refractivity (Wildman–Crippen MR) is 122 cm³/mol. The summed E-state index contributed by atoms with van der Waals surface area (Å²) in [5.74, 6) is 0.489. The molecule has 0 saturated carbocycles. The molecule has 4 rings (SSSR count). The molecule has 1 N–H and O–H groups in total. The Morgan fingerprint density at radius 1 is 1.20 bits per heavy atom. The SMILES string of the molecule is CCOC(=O)Cc1ccc(Nc2cc(-c3cccc(Cl)c3)nc3c2CCC3)nc1.Cl. The molecule has 30 heavy (non-hydrogen) atoms. The highest BCUT2D eigenvalue weighted by Crippen LogP contribution is 2.33. The summed E-state index contributed by atoms with van der Waals surface area (Å²) in [6.07, 6.45) is 5.01. The van der Waals surface area contributed by atoms with E-state index < -0.39 is 0 Å². The molecule has 0 aliphatic heterocycles. The minimum Gasteiger partial charge on any atom is -0.466 e. The van der Waals surface area contributed by atoms with Crippen molar-refractivity contribution in [3.05, 3.63) is 70.5 Å². The Labute approximate surface area is 187 Å². The first-order valence-electron chi connectivity index (χ1n) is 9.78. The van der Waals surface area contributed by atoms with Crippen molar-refractivity contribution in [2.24, 2.45) is 0 Å². The number of anilines is 2. The number of aromatic nitrogens is 2. The smallest absolute Gasteiger partial charge is 0.310 e. The summed E-state index contributed by atoms with van der Waals surface area (Å²) in [6, 6.07) is 13.6. The number of carbonyl (C=O) groups is 1. The van der Waals surface area contributed by atoms with Crippen molar-refractivity contribution in [3.8, 4) is 11.3 Å². The Bertz CT molecular complexity index is 1040. The van der Waals surface area contributed by atoms with Gasteiger partial charge in [0.05, 0.1) is 18.7 Å². The molecule has 0 spiro atoms. The first-order chi connectivity index (χ1) is 14.1. The van der Waals surface area contributed by atoms with Gasteiger partial charge in [0.1, 0.15) is 5.82 Å². The molecule has 0 unspecified atom stereocenters. The molecule has 1 aliphatic rings. The van der Waals surface area contributed by atoms with E-state index in [4.69, 9.17) is 21.3 Å². The van der Waals surface area contributed by atoms with E-state index in [2.05, 4.69) is 16.4 Å². The molecule has 7 heteroatoms. The van der Waals surface area contributed by atoms with Gasteiger partial charge >= 0.3 is 5.97 Å². The third-order valence-corrected chi connectivity index (χ3v) is 5.15. The Hall–Kier alpha value is -2.63. The summed E-state index contributed by atoms with van der Waals surface area (Å²) in [6.45, 7) is 2.18. The van der Waals surface area contributed by atoms with Crippen LogP contribution in [0.3, 0.4) is 0 Å². The third-order valence-electron chi connectivity index (χ3n) is 4.91. The average Bonchev–Trinajstić information content (AvgIpc) is 3.19. The molecule has 0 amide bonds. The van der Waals surface area contributed by atoms with E-state index in [1.165, 1.54) is 5.56 Å². The monoisotopic (exact) mass is 443 g/mol. The van der Waals surface area contributed by atoms with Crippen LogP contribution >= 0.6 is 24.0 Å². The van der Waals surface area contributed by atoms with Gasteiger partial charge < -0.3 is 10.1 Å². The van der Waals surface area contributed by atoms with E-state index in [1.54, 1.807) is 13.1 Å². The van der Waals surface area contributed by atoms with Gasteiger partial charge in [0.15, 0.2) is 0 Å². The van der Waals surface area contributed by atoms with Gasteiger partial charge in [-0.15, -0.1) is 12.4 Å². The van der Waals surface area contributed by atoms with Crippen molar-refractivity contribution in [2.45, 2.75) is 32.6 Å². The standard InChI is InChI=1S/C23H22ClN3O2.ClH/c1-2-29-23(28)11-15-9-10-22(25-14-15)27-21-13-20(16-5-3-6-17(24)12-16)26-19-8-4-7-18(19)21;/h3,5-6,9-10,12-14H,2,4,7-8,11H2,1H3,(H,25,26,27);1H. The van der Waals surface area contributed by atoms with Crippen LogP contribution in [0.4, 0.5) is 11.5 Å². The van der Waals surface area contributed by atoms with Crippen molar-refractivity contribution in [3.63, 3.8) is 0 Å². The van der Waals surface area contributed by atoms with Crippen molar-refractivity contribution in [1.82, 2.24) is 9.97 Å². The molecule has 1 aliphatic carbocycles. The van der Waals surface area contributed by atoms with Crippen molar-refractivity contribution >= 4 is 41.5 Å². The highest BCUT2D eigenvalue weighted by atomic mass is 35.5. The maximum absolute atomic E-state index is 11.6. The van der Waals surface area contributed by atoms with Crippen LogP contribution in [0.25, 0.3) is 11.3 Å². The number of nitrogens with zero attached hydrogens (tertiary/aromatic N) is 2. The molecule has 0 radical (unpaired) electrons. The summed E-state index contributed by atoms with van der Waals surface area (Å²) >= 11 is 6.17. The lowest BCUT2D eigenvalue weighted by molar-refractivity contribution is -0.142. The minimum absolute atomic E-state index is 0. The van der Waals surface area contributed by atoms with Crippen molar-refractivity contribution in [1.29, 1.82) is 0 Å². The van der Waals surface area contributed by atoms with Gasteiger partial charge in [0.25, 0.3) is 0 Å². The maximum atomic E-state index is 11.6. The number of esters is 1. The topological polar surface area (TPSA) is 64.1 Å². The Kier molecular flexibility index (Phi) is 7.29. The Morgan fingerprint density at radius 2 is 2.07 bits per heavy atom. The fourth-order valence-electron chi connectivity index (χ4n) is 3.57. The molecule has 0 bridgehead atoms. The predicted octanol–water partition coefficient (Wildman–Crippen LogP) is 5.56. The maximum Gasteiger partial charge on any atom is 0.310 e. The second-order valence-electron chi connectivity index (χ2n) is 7.00. The van der Waals surface area contributed by atoms with Gasteiger partial charge in [-0.3, -0.25) is 9.78 Å². The number of pyridine rings is 2. The average molecular weight is 444 g/mol. The lowest BCUT2D eigenvalue weighted by Gasteiger charge is -2.13. The van der Waals surface area contributed by atoms with Crippen LogP contribution in [-0.2, 0) is 28.8 Å². The summed E-state index contributed by atoms with van der Waals surface area (Å²) in [4.78, 5) is 21.0. The van der Waals surface area contributed by atoms with Crippen LogP contribution in [0.5, 0.6) is 0 Å². The van der Waals surface area contributed by atoms with Gasteiger partial charge in [-0.05, 0) is 61.6 Å². The van der Waals surface area contributed by atoms with E-state index in [1.807, 2.05) is 36.4 Å². The minimum atomic E-state index is -0.242. The van der Waals surface area contributed by atoms with Crippen molar-refractivity contribution in [2.75, 3.05) is 11.9 Å². The number of fused-ring (bicyclic) bond motifs is 1. The number of halogens is 2. The highest BCUT2D eigenvalue weighted by molar-refractivity contribution is 6.30. The number of aryl methyl sites for hydroxylation is 1. The van der Waals surface area contributed by atoms with E-state index in [0.717, 1.165) is 53.3 Å². The van der Waals surface area contributed by atoms with E-state index >= 15 is 0 Å². The number of nitrogens with one attached hydrogen (secondary N) is 1. The zero-order chi connectivity index (χ0) is 20.2. The van der Waals surface area contributed by atoms with Crippen LogP contribution in [0.2, 0.25) is 5.02 Å². The van der Waals surface area contributed by atoms with Crippen LogP contribution in [0, 0.1) is 0 Å². The number of hydrogen-bond donors (Lipinski definition) is 1. The van der Waals surface area contributed by atoms with Gasteiger partial charge in [-0.2, -0.15) is 0 Å². The summed E-state index contributed by atoms with van der Waals surface area (Å²) in [5, 5.41) is 4.13. The molecule has 3 aromatic rings. The van der Waals surface area contributed by atoms with E-state index in [9.17, 15) is 4.79 Å². The van der Waals surface area contributed by atoms with Crippen LogP contribution in [-0.4, -0.2) is 22.5 Å². The second-order valence-corrected chi connectivity index (χ2v) is 7.44. The first kappa shape index (κ1) is 22.1. The molecule has 1 aromatic carbocycles. The number of benzene rings is 1. The molecule has 0 fully saturated rings. The molecule has 156 valence electrons. The molecular formula is C23H23Cl2N3O2. The summed E-state index contributed by atoms with van der Waals surface area (Å²) in [5.41, 5.74) is 6.11. The van der Waals surface area contributed by atoms with Crippen molar-refractivity contribution < 1.29 is 9.53 Å².